The smallest absolute Gasteiger partial charge is 0.191 e. The first-order chi connectivity index (χ1) is 11.8. The minimum atomic E-state index is 0.539. The van der Waals surface area contributed by atoms with E-state index in [0.29, 0.717) is 13.1 Å². The molecule has 0 radical (unpaired) electrons. The molecule has 3 aromatic rings. The number of guanidine groups is 1. The molecule has 2 heterocycles. The monoisotopic (exact) mass is 342 g/mol. The van der Waals surface area contributed by atoms with Crippen LogP contribution in [0.3, 0.4) is 0 Å². The molecule has 2 N–H and O–H groups in total. The van der Waals surface area contributed by atoms with Crippen molar-refractivity contribution in [1.82, 2.24) is 25.2 Å². The van der Waals surface area contributed by atoms with Crippen molar-refractivity contribution in [2.24, 2.45) is 4.99 Å². The van der Waals surface area contributed by atoms with E-state index in [1.165, 1.54) is 0 Å². The van der Waals surface area contributed by atoms with Crippen LogP contribution in [0.4, 0.5) is 0 Å². The van der Waals surface area contributed by atoms with Gasteiger partial charge < -0.3 is 10.6 Å². The van der Waals surface area contributed by atoms with Crippen molar-refractivity contribution in [1.29, 1.82) is 0 Å². The van der Waals surface area contributed by atoms with Crippen molar-refractivity contribution >= 4 is 23.2 Å². The summed E-state index contributed by atoms with van der Waals surface area (Å²) in [7, 11) is 0. The third-order valence-corrected chi connectivity index (χ3v) is 3.73. The fraction of sp³-hybridized carbons (Fsp3) is 0.235. The topological polar surface area (TPSA) is 66.6 Å². The fourth-order valence-corrected chi connectivity index (χ4v) is 2.40. The number of nitrogens with one attached hydrogen (secondary N) is 2. The molecule has 0 bridgehead atoms. The lowest BCUT2D eigenvalue weighted by molar-refractivity contribution is 0.765. The molecular formula is C17H19ClN6. The lowest BCUT2D eigenvalue weighted by Gasteiger charge is -2.10. The highest BCUT2D eigenvalue weighted by Gasteiger charge is 2.05. The van der Waals surface area contributed by atoms with Gasteiger partial charge in [0.15, 0.2) is 17.4 Å². The minimum absolute atomic E-state index is 0.539. The highest BCUT2D eigenvalue weighted by Crippen LogP contribution is 2.10. The zero-order valence-electron chi connectivity index (χ0n) is 13.4. The molecule has 0 saturated carbocycles. The summed E-state index contributed by atoms with van der Waals surface area (Å²) in [6.45, 7) is 3.93. The Labute approximate surface area is 145 Å². The zero-order chi connectivity index (χ0) is 16.8. The van der Waals surface area contributed by atoms with Gasteiger partial charge in [-0.3, -0.25) is 4.40 Å². The molecule has 3 rings (SSSR count). The summed E-state index contributed by atoms with van der Waals surface area (Å²) < 4.78 is 1.95. The first-order valence-electron chi connectivity index (χ1n) is 7.81. The maximum atomic E-state index is 5.90. The molecule has 0 spiro atoms. The molecule has 6 nitrogen and oxygen atoms in total. The Morgan fingerprint density at radius 2 is 1.96 bits per heavy atom. The molecule has 0 aliphatic carbocycles. The number of pyridine rings is 1. The molecule has 0 unspecified atom stereocenters. The van der Waals surface area contributed by atoms with Crippen LogP contribution in [0.15, 0.2) is 53.7 Å². The molecule has 0 amide bonds. The molecule has 0 aliphatic heterocycles. The summed E-state index contributed by atoms with van der Waals surface area (Å²) in [6, 6.07) is 13.5. The average Bonchev–Trinajstić information content (AvgIpc) is 3.02. The van der Waals surface area contributed by atoms with Gasteiger partial charge in [-0.25, -0.2) is 4.99 Å². The Morgan fingerprint density at radius 1 is 1.12 bits per heavy atom. The quantitative estimate of drug-likeness (QED) is 0.552. The second-order valence-corrected chi connectivity index (χ2v) is 5.66. The molecule has 24 heavy (non-hydrogen) atoms. The summed E-state index contributed by atoms with van der Waals surface area (Å²) in [4.78, 5) is 4.59. The van der Waals surface area contributed by atoms with Crippen LogP contribution < -0.4 is 10.6 Å². The van der Waals surface area contributed by atoms with Crippen LogP contribution in [-0.2, 0) is 13.1 Å². The van der Waals surface area contributed by atoms with Gasteiger partial charge in [-0.15, -0.1) is 10.2 Å². The Hall–Kier alpha value is -2.60. The standard InChI is InChI=1S/C17H19ClN6/c1-2-19-17(20-11-13-6-8-14(18)9-7-13)21-12-16-23-22-15-5-3-4-10-24(15)16/h3-10H,2,11-12H2,1H3,(H2,19,20,21). The van der Waals surface area contributed by atoms with Crippen LogP contribution >= 0.6 is 11.6 Å². The maximum Gasteiger partial charge on any atom is 0.191 e. The Morgan fingerprint density at radius 3 is 2.75 bits per heavy atom. The predicted molar refractivity (Wildman–Crippen MR) is 96.1 cm³/mol. The SMILES string of the molecule is CCNC(=NCc1ccc(Cl)cc1)NCc1nnc2ccccn12. The molecule has 0 atom stereocenters. The first kappa shape index (κ1) is 16.3. The van der Waals surface area contributed by atoms with Gasteiger partial charge in [-0.2, -0.15) is 0 Å². The Bertz CT molecular complexity index is 824. The molecule has 0 fully saturated rings. The average molecular weight is 343 g/mol. The van der Waals surface area contributed by atoms with Crippen molar-refractivity contribution in [2.75, 3.05) is 6.54 Å². The van der Waals surface area contributed by atoms with E-state index < -0.39 is 0 Å². The number of hydrogen-bond donors (Lipinski definition) is 2. The van der Waals surface area contributed by atoms with Crippen molar-refractivity contribution in [3.8, 4) is 0 Å². The highest BCUT2D eigenvalue weighted by molar-refractivity contribution is 6.30. The highest BCUT2D eigenvalue weighted by atomic mass is 35.5. The second-order valence-electron chi connectivity index (χ2n) is 5.22. The van der Waals surface area contributed by atoms with E-state index >= 15 is 0 Å². The molecule has 0 saturated heterocycles. The number of aromatic nitrogens is 3. The summed E-state index contributed by atoms with van der Waals surface area (Å²) in [5.41, 5.74) is 1.93. The van der Waals surface area contributed by atoms with Crippen molar-refractivity contribution in [2.45, 2.75) is 20.0 Å². The number of halogens is 1. The minimum Gasteiger partial charge on any atom is -0.357 e. The van der Waals surface area contributed by atoms with Gasteiger partial charge in [0.25, 0.3) is 0 Å². The largest absolute Gasteiger partial charge is 0.357 e. The van der Waals surface area contributed by atoms with Gasteiger partial charge in [0.2, 0.25) is 0 Å². The molecular weight excluding hydrogens is 324 g/mol. The van der Waals surface area contributed by atoms with Gasteiger partial charge in [0, 0.05) is 17.8 Å². The fourth-order valence-electron chi connectivity index (χ4n) is 2.28. The number of hydrogen-bond acceptors (Lipinski definition) is 3. The number of fused-ring (bicyclic) bond motifs is 1. The Kier molecular flexibility index (Phi) is 5.28. The molecule has 7 heteroatoms. The molecule has 124 valence electrons. The number of rotatable bonds is 5. The normalized spacial score (nSPS) is 11.7. The van der Waals surface area contributed by atoms with Crippen LogP contribution in [0.25, 0.3) is 5.65 Å². The molecule has 0 aliphatic rings. The van der Waals surface area contributed by atoms with Crippen molar-refractivity contribution in [3.63, 3.8) is 0 Å². The van der Waals surface area contributed by atoms with E-state index in [1.807, 2.05) is 60.0 Å². The van der Waals surface area contributed by atoms with Gasteiger partial charge >= 0.3 is 0 Å². The van der Waals surface area contributed by atoms with E-state index in [9.17, 15) is 0 Å². The third kappa shape index (κ3) is 4.02. The van der Waals surface area contributed by atoms with Crippen LogP contribution in [0.5, 0.6) is 0 Å². The maximum absolute atomic E-state index is 5.90. The van der Waals surface area contributed by atoms with E-state index in [-0.39, 0.29) is 0 Å². The summed E-state index contributed by atoms with van der Waals surface area (Å²) in [5, 5.41) is 15.6. The van der Waals surface area contributed by atoms with Gasteiger partial charge in [-0.05, 0) is 36.8 Å². The van der Waals surface area contributed by atoms with Crippen LogP contribution in [0, 0.1) is 0 Å². The number of nitrogens with zero attached hydrogens (tertiary/aromatic N) is 4. The van der Waals surface area contributed by atoms with Crippen LogP contribution in [0.2, 0.25) is 5.02 Å². The first-order valence-corrected chi connectivity index (χ1v) is 8.19. The lowest BCUT2D eigenvalue weighted by atomic mass is 10.2. The van der Waals surface area contributed by atoms with Crippen molar-refractivity contribution < 1.29 is 0 Å². The van der Waals surface area contributed by atoms with Crippen LogP contribution in [-0.4, -0.2) is 27.1 Å². The predicted octanol–water partition coefficient (Wildman–Crippen LogP) is 2.64. The van der Waals surface area contributed by atoms with E-state index in [1.54, 1.807) is 0 Å². The van der Waals surface area contributed by atoms with Crippen LogP contribution in [0.1, 0.15) is 18.3 Å². The van der Waals surface area contributed by atoms with E-state index in [2.05, 4.69) is 25.8 Å². The van der Waals surface area contributed by atoms with Gasteiger partial charge in [0.05, 0.1) is 13.1 Å². The lowest BCUT2D eigenvalue weighted by Crippen LogP contribution is -2.37. The van der Waals surface area contributed by atoms with Crippen molar-refractivity contribution in [3.05, 3.63) is 65.1 Å². The van der Waals surface area contributed by atoms with E-state index in [4.69, 9.17) is 11.6 Å². The van der Waals surface area contributed by atoms with Gasteiger partial charge in [-0.1, -0.05) is 29.8 Å². The summed E-state index contributed by atoms with van der Waals surface area (Å²) in [5.74, 6) is 1.57. The van der Waals surface area contributed by atoms with E-state index in [0.717, 1.165) is 34.6 Å². The van der Waals surface area contributed by atoms with Gasteiger partial charge in [0.1, 0.15) is 0 Å². The second kappa shape index (κ2) is 7.79. The zero-order valence-corrected chi connectivity index (χ0v) is 14.2. The molecule has 1 aromatic carbocycles. The number of aliphatic imine (C=N–C) groups is 1. The summed E-state index contributed by atoms with van der Waals surface area (Å²) >= 11 is 5.90. The molecule has 2 aromatic heterocycles. The number of benzene rings is 1. The Balaban J connectivity index is 1.67. The third-order valence-electron chi connectivity index (χ3n) is 3.48. The summed E-state index contributed by atoms with van der Waals surface area (Å²) in [6.07, 6.45) is 1.95.